The van der Waals surface area contributed by atoms with Crippen LogP contribution in [-0.2, 0) is 11.3 Å². The summed E-state index contributed by atoms with van der Waals surface area (Å²) in [4.78, 5) is 11.9. The Morgan fingerprint density at radius 3 is 2.67 bits per heavy atom. The molecule has 4 nitrogen and oxygen atoms in total. The van der Waals surface area contributed by atoms with Crippen molar-refractivity contribution in [1.82, 2.24) is 5.32 Å². The van der Waals surface area contributed by atoms with Crippen LogP contribution < -0.4 is 10.1 Å². The lowest BCUT2D eigenvalue weighted by molar-refractivity contribution is -0.126. The van der Waals surface area contributed by atoms with Crippen molar-refractivity contribution in [3.8, 4) is 5.75 Å². The molecule has 0 aliphatic heterocycles. The topological polar surface area (TPSA) is 58.6 Å². The number of nitrogens with one attached hydrogen (secondary N) is 1. The van der Waals surface area contributed by atoms with Gasteiger partial charge in [0, 0.05) is 12.1 Å². The van der Waals surface area contributed by atoms with E-state index < -0.39 is 12.2 Å². The van der Waals surface area contributed by atoms with Gasteiger partial charge in [0.1, 0.15) is 5.75 Å². The summed E-state index contributed by atoms with van der Waals surface area (Å²) in [5, 5.41) is 12.8. The van der Waals surface area contributed by atoms with Gasteiger partial charge in [0.25, 0.3) is 0 Å². The molecule has 1 amide bonds. The Hall–Kier alpha value is -1.69. The number of hydrogen-bond acceptors (Lipinski definition) is 3. The van der Waals surface area contributed by atoms with Gasteiger partial charge in [-0.25, -0.2) is 0 Å². The average Bonchev–Trinajstić information content (AvgIpc) is 2.83. The van der Waals surface area contributed by atoms with E-state index in [9.17, 15) is 18.7 Å². The number of alkyl halides is 2. The zero-order valence-electron chi connectivity index (χ0n) is 11.6. The van der Waals surface area contributed by atoms with Crippen molar-refractivity contribution in [2.75, 3.05) is 0 Å². The van der Waals surface area contributed by atoms with Crippen LogP contribution in [0.2, 0.25) is 0 Å². The molecule has 0 bridgehead atoms. The predicted molar refractivity (Wildman–Crippen MR) is 73.0 cm³/mol. The molecule has 1 saturated carbocycles. The molecule has 1 fully saturated rings. The van der Waals surface area contributed by atoms with Crippen LogP contribution in [0.4, 0.5) is 8.78 Å². The largest absolute Gasteiger partial charge is 0.434 e. The molecular weight excluding hydrogens is 280 g/mol. The highest BCUT2D eigenvalue weighted by Crippen LogP contribution is 2.32. The molecule has 1 aromatic carbocycles. The normalized spacial score (nSPS) is 17.0. The molecule has 2 rings (SSSR count). The maximum Gasteiger partial charge on any atom is 0.387 e. The minimum Gasteiger partial charge on any atom is -0.434 e. The van der Waals surface area contributed by atoms with Crippen molar-refractivity contribution in [1.29, 1.82) is 0 Å². The molecule has 0 spiro atoms. The SMILES string of the molecule is O=C(CC1(O)CCCC1)NCc1ccccc1OC(F)F. The monoisotopic (exact) mass is 299 g/mol. The van der Waals surface area contributed by atoms with Gasteiger partial charge >= 0.3 is 6.61 Å². The van der Waals surface area contributed by atoms with E-state index in [-0.39, 0.29) is 24.6 Å². The Labute approximate surface area is 122 Å². The van der Waals surface area contributed by atoms with Crippen LogP contribution >= 0.6 is 0 Å². The van der Waals surface area contributed by atoms with Crippen molar-refractivity contribution in [2.24, 2.45) is 0 Å². The Morgan fingerprint density at radius 1 is 1.33 bits per heavy atom. The van der Waals surface area contributed by atoms with Crippen molar-refractivity contribution in [2.45, 2.75) is 50.9 Å². The van der Waals surface area contributed by atoms with Gasteiger partial charge in [-0.05, 0) is 18.9 Å². The van der Waals surface area contributed by atoms with Gasteiger partial charge in [-0.15, -0.1) is 0 Å². The van der Waals surface area contributed by atoms with Gasteiger partial charge in [0.05, 0.1) is 12.0 Å². The molecular formula is C15H19F2NO3. The lowest BCUT2D eigenvalue weighted by atomic mass is 9.97. The van der Waals surface area contributed by atoms with Gasteiger partial charge in [-0.3, -0.25) is 4.79 Å². The van der Waals surface area contributed by atoms with Gasteiger partial charge < -0.3 is 15.2 Å². The summed E-state index contributed by atoms with van der Waals surface area (Å²) < 4.78 is 29.0. The fourth-order valence-corrected chi connectivity index (χ4v) is 2.63. The Morgan fingerprint density at radius 2 is 2.00 bits per heavy atom. The number of benzene rings is 1. The summed E-state index contributed by atoms with van der Waals surface area (Å²) in [7, 11) is 0. The van der Waals surface area contributed by atoms with Gasteiger partial charge in [0.2, 0.25) is 5.91 Å². The molecule has 0 aromatic heterocycles. The summed E-state index contributed by atoms with van der Waals surface area (Å²) in [5.41, 5.74) is -0.437. The summed E-state index contributed by atoms with van der Waals surface area (Å²) >= 11 is 0. The number of carbonyl (C=O) groups is 1. The second-order valence-electron chi connectivity index (χ2n) is 5.37. The van der Waals surface area contributed by atoms with Crippen LogP contribution in [0.25, 0.3) is 0 Å². The smallest absolute Gasteiger partial charge is 0.387 e. The average molecular weight is 299 g/mol. The highest BCUT2D eigenvalue weighted by atomic mass is 19.3. The van der Waals surface area contributed by atoms with E-state index in [1.54, 1.807) is 18.2 Å². The third kappa shape index (κ3) is 4.67. The number of amides is 1. The van der Waals surface area contributed by atoms with E-state index in [0.29, 0.717) is 18.4 Å². The van der Waals surface area contributed by atoms with E-state index in [4.69, 9.17) is 0 Å². The highest BCUT2D eigenvalue weighted by Gasteiger charge is 2.33. The molecule has 0 radical (unpaired) electrons. The molecule has 2 N–H and O–H groups in total. The molecule has 0 unspecified atom stereocenters. The first-order chi connectivity index (χ1) is 9.98. The molecule has 0 saturated heterocycles. The third-order valence-electron chi connectivity index (χ3n) is 3.69. The second-order valence-corrected chi connectivity index (χ2v) is 5.37. The quantitative estimate of drug-likeness (QED) is 0.849. The van der Waals surface area contributed by atoms with Crippen LogP contribution in [-0.4, -0.2) is 23.2 Å². The second kappa shape index (κ2) is 6.85. The lowest BCUT2D eigenvalue weighted by Crippen LogP contribution is -2.34. The van der Waals surface area contributed by atoms with Crippen LogP contribution in [0.5, 0.6) is 5.75 Å². The first kappa shape index (κ1) is 15.7. The summed E-state index contributed by atoms with van der Waals surface area (Å²) in [6, 6.07) is 6.31. The minimum atomic E-state index is -2.90. The number of hydrogen-bond donors (Lipinski definition) is 2. The zero-order valence-corrected chi connectivity index (χ0v) is 11.6. The number of para-hydroxylation sites is 1. The van der Waals surface area contributed by atoms with Gasteiger partial charge in [-0.1, -0.05) is 31.0 Å². The fourth-order valence-electron chi connectivity index (χ4n) is 2.63. The van der Waals surface area contributed by atoms with E-state index in [0.717, 1.165) is 12.8 Å². The number of halogens is 2. The first-order valence-corrected chi connectivity index (χ1v) is 7.00. The zero-order chi connectivity index (χ0) is 15.3. The Bertz CT molecular complexity index is 488. The third-order valence-corrected chi connectivity index (χ3v) is 3.69. The van der Waals surface area contributed by atoms with E-state index in [2.05, 4.69) is 10.1 Å². The summed E-state index contributed by atoms with van der Waals surface area (Å²) in [6.07, 6.45) is 3.16. The molecule has 21 heavy (non-hydrogen) atoms. The Balaban J connectivity index is 1.89. The first-order valence-electron chi connectivity index (χ1n) is 7.00. The van der Waals surface area contributed by atoms with E-state index in [1.165, 1.54) is 6.07 Å². The lowest BCUT2D eigenvalue weighted by Gasteiger charge is -2.21. The van der Waals surface area contributed by atoms with Crippen molar-refractivity contribution >= 4 is 5.91 Å². The maximum atomic E-state index is 12.3. The van der Waals surface area contributed by atoms with Crippen LogP contribution in [0.1, 0.15) is 37.7 Å². The van der Waals surface area contributed by atoms with Crippen LogP contribution in [0.15, 0.2) is 24.3 Å². The Kier molecular flexibility index (Phi) is 5.12. The van der Waals surface area contributed by atoms with Gasteiger partial charge in [0.15, 0.2) is 0 Å². The van der Waals surface area contributed by atoms with Crippen LogP contribution in [0.3, 0.4) is 0 Å². The molecule has 116 valence electrons. The van der Waals surface area contributed by atoms with Crippen molar-refractivity contribution in [3.63, 3.8) is 0 Å². The van der Waals surface area contributed by atoms with Crippen molar-refractivity contribution in [3.05, 3.63) is 29.8 Å². The van der Waals surface area contributed by atoms with E-state index >= 15 is 0 Å². The highest BCUT2D eigenvalue weighted by molar-refractivity contribution is 5.77. The fraction of sp³-hybridized carbons (Fsp3) is 0.533. The molecule has 0 atom stereocenters. The number of carbonyl (C=O) groups excluding carboxylic acids is 1. The number of aliphatic hydroxyl groups is 1. The number of ether oxygens (including phenoxy) is 1. The molecule has 6 heteroatoms. The molecule has 1 aliphatic rings. The van der Waals surface area contributed by atoms with Crippen LogP contribution in [0, 0.1) is 0 Å². The maximum absolute atomic E-state index is 12.3. The predicted octanol–water partition coefficient (Wildman–Crippen LogP) is 2.60. The number of rotatable bonds is 6. The standard InChI is InChI=1S/C15H19F2NO3/c16-14(17)21-12-6-2-1-5-11(12)10-18-13(19)9-15(20)7-3-4-8-15/h1-2,5-6,14,20H,3-4,7-10H2,(H,18,19). The minimum absolute atomic E-state index is 0.0465. The van der Waals surface area contributed by atoms with Crippen molar-refractivity contribution < 1.29 is 23.4 Å². The van der Waals surface area contributed by atoms with E-state index in [1.807, 2.05) is 0 Å². The summed E-state index contributed by atoms with van der Waals surface area (Å²) in [6.45, 7) is -2.81. The summed E-state index contributed by atoms with van der Waals surface area (Å²) in [5.74, 6) is -0.237. The molecule has 1 aliphatic carbocycles. The molecule has 1 aromatic rings. The van der Waals surface area contributed by atoms with Gasteiger partial charge in [-0.2, -0.15) is 8.78 Å². The molecule has 0 heterocycles.